The van der Waals surface area contributed by atoms with Crippen LogP contribution in [-0.4, -0.2) is 7.38 Å². The van der Waals surface area contributed by atoms with Crippen LogP contribution < -0.4 is 5.19 Å². The molecule has 1 aromatic carbocycles. The maximum Gasteiger partial charge on any atom is 0.183 e. The first-order chi connectivity index (χ1) is 5.56. The second kappa shape index (κ2) is 3.63. The van der Waals surface area contributed by atoms with Crippen molar-refractivity contribution < 1.29 is 0 Å². The molecule has 0 bridgehead atoms. The predicted octanol–water partition coefficient (Wildman–Crippen LogP) is 3.04. The van der Waals surface area contributed by atoms with Gasteiger partial charge < -0.3 is 0 Å². The van der Waals surface area contributed by atoms with Crippen LogP contribution in [0.4, 0.5) is 0 Å². The molecule has 0 N–H and O–H groups in total. The molecule has 1 atom stereocenters. The zero-order valence-corrected chi connectivity index (χ0v) is 9.65. The van der Waals surface area contributed by atoms with Gasteiger partial charge in [-0.1, -0.05) is 43.3 Å². The van der Waals surface area contributed by atoms with Gasteiger partial charge >= 0.3 is 0 Å². The molecule has 1 rings (SSSR count). The summed E-state index contributed by atoms with van der Waals surface area (Å²) < 4.78 is 0. The molecule has 2 heteroatoms. The smallest absolute Gasteiger partial charge is 0.161 e. The number of rotatable bonds is 2. The molecule has 0 aromatic heterocycles. The van der Waals surface area contributed by atoms with Crippen molar-refractivity contribution in [1.29, 1.82) is 0 Å². The Bertz CT molecular complexity index is 251. The Morgan fingerprint density at radius 3 is 2.17 bits per heavy atom. The SMILES string of the molecule is CC[Si](C)(Cl)c1ccc(C)cc1. The Morgan fingerprint density at radius 1 is 1.25 bits per heavy atom. The molecule has 0 radical (unpaired) electrons. The number of hydrogen-bond acceptors (Lipinski definition) is 0. The molecule has 66 valence electrons. The summed E-state index contributed by atoms with van der Waals surface area (Å²) in [5, 5.41) is 1.34. The van der Waals surface area contributed by atoms with E-state index < -0.39 is 7.38 Å². The summed E-state index contributed by atoms with van der Waals surface area (Å²) in [7, 11) is -1.60. The average Bonchev–Trinajstić information content (AvgIpc) is 2.05. The zero-order valence-electron chi connectivity index (χ0n) is 7.89. The van der Waals surface area contributed by atoms with Crippen molar-refractivity contribution in [2.75, 3.05) is 0 Å². The van der Waals surface area contributed by atoms with Gasteiger partial charge in [-0.05, 0) is 18.2 Å². The minimum atomic E-state index is -1.60. The van der Waals surface area contributed by atoms with Crippen molar-refractivity contribution in [3.8, 4) is 0 Å². The maximum atomic E-state index is 6.44. The molecular formula is C10H15ClSi. The first-order valence-electron chi connectivity index (χ1n) is 4.32. The van der Waals surface area contributed by atoms with E-state index in [4.69, 9.17) is 11.1 Å². The monoisotopic (exact) mass is 198 g/mol. The summed E-state index contributed by atoms with van der Waals surface area (Å²) in [6.07, 6.45) is 0. The molecule has 0 heterocycles. The molecule has 0 saturated carbocycles. The van der Waals surface area contributed by atoms with Gasteiger partial charge in [0, 0.05) is 0 Å². The van der Waals surface area contributed by atoms with Crippen LogP contribution in [0.5, 0.6) is 0 Å². The van der Waals surface area contributed by atoms with E-state index in [-0.39, 0.29) is 0 Å². The third-order valence-electron chi connectivity index (χ3n) is 2.32. The van der Waals surface area contributed by atoms with Crippen molar-refractivity contribution >= 4 is 23.6 Å². The molecular weight excluding hydrogens is 184 g/mol. The van der Waals surface area contributed by atoms with Crippen molar-refractivity contribution in [2.24, 2.45) is 0 Å². The molecule has 0 saturated heterocycles. The fourth-order valence-corrected chi connectivity index (χ4v) is 2.75. The molecule has 0 amide bonds. The fraction of sp³-hybridized carbons (Fsp3) is 0.400. The van der Waals surface area contributed by atoms with Gasteiger partial charge in [-0.2, -0.15) is 11.1 Å². The molecule has 1 aromatic rings. The largest absolute Gasteiger partial charge is 0.183 e. The lowest BCUT2D eigenvalue weighted by Crippen LogP contribution is -2.37. The van der Waals surface area contributed by atoms with Gasteiger partial charge in [0.05, 0.1) is 0 Å². The fourth-order valence-electron chi connectivity index (χ4n) is 1.11. The van der Waals surface area contributed by atoms with Gasteiger partial charge in [0.2, 0.25) is 0 Å². The Kier molecular flexibility index (Phi) is 2.97. The Balaban J connectivity index is 2.96. The van der Waals surface area contributed by atoms with E-state index in [2.05, 4.69) is 44.7 Å². The molecule has 0 fully saturated rings. The van der Waals surface area contributed by atoms with E-state index in [1.54, 1.807) is 0 Å². The van der Waals surface area contributed by atoms with Gasteiger partial charge in [0.1, 0.15) is 0 Å². The lowest BCUT2D eigenvalue weighted by Gasteiger charge is -2.17. The van der Waals surface area contributed by atoms with Crippen LogP contribution >= 0.6 is 11.1 Å². The quantitative estimate of drug-likeness (QED) is 0.506. The van der Waals surface area contributed by atoms with Crippen LogP contribution in [0.1, 0.15) is 12.5 Å². The molecule has 0 aliphatic rings. The summed E-state index contributed by atoms with van der Waals surface area (Å²) in [6, 6.07) is 9.70. The van der Waals surface area contributed by atoms with Crippen LogP contribution in [0.2, 0.25) is 12.6 Å². The molecule has 12 heavy (non-hydrogen) atoms. The lowest BCUT2D eigenvalue weighted by molar-refractivity contribution is 1.41. The highest BCUT2D eigenvalue weighted by atomic mass is 35.6. The lowest BCUT2D eigenvalue weighted by atomic mass is 10.2. The minimum Gasteiger partial charge on any atom is -0.161 e. The summed E-state index contributed by atoms with van der Waals surface area (Å²) >= 11 is 6.44. The van der Waals surface area contributed by atoms with E-state index in [0.717, 1.165) is 6.04 Å². The third kappa shape index (κ3) is 2.11. The topological polar surface area (TPSA) is 0 Å². The number of aryl methyl sites for hydroxylation is 1. The summed E-state index contributed by atoms with van der Waals surface area (Å²) in [5.74, 6) is 0. The van der Waals surface area contributed by atoms with Gasteiger partial charge in [-0.3, -0.25) is 0 Å². The first kappa shape index (κ1) is 9.81. The Morgan fingerprint density at radius 2 is 1.75 bits per heavy atom. The Hall–Kier alpha value is -0.273. The average molecular weight is 199 g/mol. The second-order valence-corrected chi connectivity index (χ2v) is 9.60. The summed E-state index contributed by atoms with van der Waals surface area (Å²) in [5.41, 5.74) is 1.30. The minimum absolute atomic E-state index is 1.09. The predicted molar refractivity (Wildman–Crippen MR) is 58.8 cm³/mol. The molecule has 1 unspecified atom stereocenters. The molecule has 0 spiro atoms. The highest BCUT2D eigenvalue weighted by molar-refractivity contribution is 7.26. The molecule has 0 nitrogen and oxygen atoms in total. The van der Waals surface area contributed by atoms with Crippen LogP contribution in [-0.2, 0) is 0 Å². The standard InChI is InChI=1S/C10H15ClSi/c1-4-12(3,11)10-7-5-9(2)6-8-10/h5-8H,4H2,1-3H3. The van der Waals surface area contributed by atoms with Gasteiger partial charge in [0.15, 0.2) is 7.38 Å². The van der Waals surface area contributed by atoms with Gasteiger partial charge in [-0.25, -0.2) is 0 Å². The van der Waals surface area contributed by atoms with Crippen molar-refractivity contribution in [3.63, 3.8) is 0 Å². The number of hydrogen-bond donors (Lipinski definition) is 0. The van der Waals surface area contributed by atoms with Crippen LogP contribution in [0.15, 0.2) is 24.3 Å². The first-order valence-corrected chi connectivity index (χ1v) is 8.04. The zero-order chi connectivity index (χ0) is 9.19. The van der Waals surface area contributed by atoms with Crippen molar-refractivity contribution in [1.82, 2.24) is 0 Å². The van der Waals surface area contributed by atoms with E-state index in [1.165, 1.54) is 10.8 Å². The molecule has 0 aliphatic carbocycles. The van der Waals surface area contributed by atoms with Crippen LogP contribution in [0, 0.1) is 6.92 Å². The third-order valence-corrected chi connectivity index (χ3v) is 6.64. The maximum absolute atomic E-state index is 6.44. The van der Waals surface area contributed by atoms with E-state index in [0.29, 0.717) is 0 Å². The van der Waals surface area contributed by atoms with Crippen molar-refractivity contribution in [3.05, 3.63) is 29.8 Å². The Labute approximate surface area is 80.3 Å². The number of halogens is 1. The van der Waals surface area contributed by atoms with E-state index in [1.807, 2.05) is 0 Å². The summed E-state index contributed by atoms with van der Waals surface area (Å²) in [6.45, 7) is 6.46. The van der Waals surface area contributed by atoms with Crippen molar-refractivity contribution in [2.45, 2.75) is 26.4 Å². The van der Waals surface area contributed by atoms with Gasteiger partial charge in [0.25, 0.3) is 0 Å². The second-order valence-electron chi connectivity index (χ2n) is 3.42. The summed E-state index contributed by atoms with van der Waals surface area (Å²) in [4.78, 5) is 0. The highest BCUT2D eigenvalue weighted by Crippen LogP contribution is 2.14. The van der Waals surface area contributed by atoms with Crippen LogP contribution in [0.25, 0.3) is 0 Å². The van der Waals surface area contributed by atoms with E-state index in [9.17, 15) is 0 Å². The van der Waals surface area contributed by atoms with Crippen LogP contribution in [0.3, 0.4) is 0 Å². The molecule has 0 aliphatic heterocycles. The number of benzene rings is 1. The highest BCUT2D eigenvalue weighted by Gasteiger charge is 2.23. The normalized spacial score (nSPS) is 15.7. The van der Waals surface area contributed by atoms with E-state index >= 15 is 0 Å². The van der Waals surface area contributed by atoms with Gasteiger partial charge in [-0.15, -0.1) is 0 Å².